The molecule has 2 fully saturated rings. The zero-order chi connectivity index (χ0) is 24.0. The molecule has 178 valence electrons. The highest BCUT2D eigenvalue weighted by atomic mass is 16.5. The molecule has 7 heteroatoms. The maximum atomic E-state index is 12.8. The molecule has 1 heterocycles. The van der Waals surface area contributed by atoms with Crippen molar-refractivity contribution in [1.82, 2.24) is 10.2 Å². The normalized spacial score (nSPS) is 24.3. The molecule has 0 spiro atoms. The Hall–Kier alpha value is -3.35. The second-order valence-corrected chi connectivity index (χ2v) is 10.4. The number of carboxylic acids is 1. The minimum Gasteiger partial charge on any atom is -0.481 e. The molecule has 1 aliphatic heterocycles. The molecule has 2 aromatic carbocycles. The van der Waals surface area contributed by atoms with Crippen LogP contribution < -0.4 is 5.32 Å². The first kappa shape index (κ1) is 22.4. The lowest BCUT2D eigenvalue weighted by Gasteiger charge is -2.22. The van der Waals surface area contributed by atoms with Gasteiger partial charge in [-0.3, -0.25) is 9.59 Å². The van der Waals surface area contributed by atoms with Crippen LogP contribution in [0.4, 0.5) is 4.79 Å². The van der Waals surface area contributed by atoms with Crippen molar-refractivity contribution in [3.8, 4) is 11.1 Å². The average molecular weight is 463 g/mol. The Balaban J connectivity index is 1.11. The van der Waals surface area contributed by atoms with E-state index in [0.717, 1.165) is 11.1 Å². The van der Waals surface area contributed by atoms with E-state index in [-0.39, 0.29) is 36.8 Å². The number of nitrogens with zero attached hydrogens (tertiary/aromatic N) is 1. The number of likely N-dealkylation sites (tertiary alicyclic amines) is 1. The van der Waals surface area contributed by atoms with Crippen LogP contribution in [0.25, 0.3) is 11.1 Å². The van der Waals surface area contributed by atoms with Gasteiger partial charge in [0.25, 0.3) is 0 Å². The molecular formula is C27H30N2O5. The number of nitrogens with one attached hydrogen (secondary N) is 1. The first-order valence-electron chi connectivity index (χ1n) is 11.9. The first-order chi connectivity index (χ1) is 16.3. The van der Waals surface area contributed by atoms with Crippen LogP contribution >= 0.6 is 0 Å². The number of amides is 2. The van der Waals surface area contributed by atoms with Gasteiger partial charge in [-0.1, -0.05) is 62.4 Å². The van der Waals surface area contributed by atoms with Crippen molar-refractivity contribution in [2.45, 2.75) is 26.2 Å². The zero-order valence-electron chi connectivity index (χ0n) is 19.5. The molecule has 2 amide bonds. The first-order valence-corrected chi connectivity index (χ1v) is 11.9. The standard InChI is InChI=1S/C27H30N2O5/c1-27(2)15-29(13-23(27)25(31)32)24(30)21-11-16(21)12-28-26(33)34-14-22-19-9-5-3-7-17(19)18-8-4-6-10-20(18)22/h3-10,16,21-23H,11-15H2,1-2H3,(H,28,33)(H,31,32). The molecule has 3 aliphatic rings. The second kappa shape index (κ2) is 8.46. The zero-order valence-corrected chi connectivity index (χ0v) is 19.5. The largest absolute Gasteiger partial charge is 0.481 e. The Morgan fingerprint density at radius 3 is 2.26 bits per heavy atom. The van der Waals surface area contributed by atoms with Crippen molar-refractivity contribution in [1.29, 1.82) is 0 Å². The number of hydrogen-bond acceptors (Lipinski definition) is 4. The molecule has 0 bridgehead atoms. The summed E-state index contributed by atoms with van der Waals surface area (Å²) in [5.41, 5.74) is 4.25. The molecule has 7 nitrogen and oxygen atoms in total. The lowest BCUT2D eigenvalue weighted by atomic mass is 9.82. The van der Waals surface area contributed by atoms with E-state index in [4.69, 9.17) is 4.74 Å². The minimum atomic E-state index is -0.857. The topological polar surface area (TPSA) is 95.9 Å². The summed E-state index contributed by atoms with van der Waals surface area (Å²) in [7, 11) is 0. The van der Waals surface area contributed by atoms with Gasteiger partial charge in [0.05, 0.1) is 5.92 Å². The average Bonchev–Trinajstić information content (AvgIpc) is 3.42. The van der Waals surface area contributed by atoms with E-state index in [2.05, 4.69) is 29.6 Å². The van der Waals surface area contributed by atoms with Gasteiger partial charge in [-0.2, -0.15) is 0 Å². The molecular weight excluding hydrogens is 432 g/mol. The highest BCUT2D eigenvalue weighted by Gasteiger charge is 2.51. The number of rotatable bonds is 6. The fourth-order valence-corrected chi connectivity index (χ4v) is 5.59. The van der Waals surface area contributed by atoms with Crippen molar-refractivity contribution in [2.24, 2.45) is 23.2 Å². The molecule has 5 rings (SSSR count). The monoisotopic (exact) mass is 462 g/mol. The number of alkyl carbamates (subject to hydrolysis) is 1. The van der Waals surface area contributed by atoms with Crippen LogP contribution in [0.1, 0.15) is 37.3 Å². The number of ether oxygens (including phenoxy) is 1. The number of aliphatic carboxylic acids is 1. The molecule has 2 N–H and O–H groups in total. The summed E-state index contributed by atoms with van der Waals surface area (Å²) in [4.78, 5) is 38.4. The van der Waals surface area contributed by atoms with E-state index in [0.29, 0.717) is 19.5 Å². The van der Waals surface area contributed by atoms with Crippen LogP contribution in [0, 0.1) is 23.2 Å². The van der Waals surface area contributed by atoms with Gasteiger partial charge >= 0.3 is 12.1 Å². The second-order valence-electron chi connectivity index (χ2n) is 10.4. The Kier molecular flexibility index (Phi) is 5.58. The summed E-state index contributed by atoms with van der Waals surface area (Å²) < 4.78 is 5.57. The molecule has 1 saturated heterocycles. The molecule has 3 atom stereocenters. The Morgan fingerprint density at radius 1 is 1.06 bits per heavy atom. The maximum absolute atomic E-state index is 12.8. The van der Waals surface area contributed by atoms with Gasteiger partial charge in [0.15, 0.2) is 0 Å². The van der Waals surface area contributed by atoms with Gasteiger partial charge < -0.3 is 20.1 Å². The Morgan fingerprint density at radius 2 is 1.68 bits per heavy atom. The maximum Gasteiger partial charge on any atom is 0.407 e. The van der Waals surface area contributed by atoms with E-state index in [1.54, 1.807) is 4.90 Å². The minimum absolute atomic E-state index is 0.00355. The molecule has 0 aromatic heterocycles. The summed E-state index contributed by atoms with van der Waals surface area (Å²) in [6, 6.07) is 16.4. The summed E-state index contributed by atoms with van der Waals surface area (Å²) in [6.45, 7) is 5.12. The smallest absolute Gasteiger partial charge is 0.407 e. The van der Waals surface area contributed by atoms with Gasteiger partial charge in [-0.05, 0) is 40.0 Å². The molecule has 2 aromatic rings. The van der Waals surface area contributed by atoms with Gasteiger partial charge in [0.2, 0.25) is 5.91 Å². The SMILES string of the molecule is CC1(C)CN(C(=O)C2CC2CNC(=O)OCC2c3ccccc3-c3ccccc32)CC1C(=O)O. The summed E-state index contributed by atoms with van der Waals surface area (Å²) >= 11 is 0. The fraction of sp³-hybridized carbons (Fsp3) is 0.444. The third kappa shape index (κ3) is 4.04. The molecule has 0 radical (unpaired) electrons. The Labute approximate surface area is 199 Å². The highest BCUT2D eigenvalue weighted by molar-refractivity contribution is 5.84. The molecule has 2 aliphatic carbocycles. The lowest BCUT2D eigenvalue weighted by Crippen LogP contribution is -2.33. The number of hydrogen-bond donors (Lipinski definition) is 2. The van der Waals surface area contributed by atoms with E-state index in [1.807, 2.05) is 38.1 Å². The Bertz CT molecular complexity index is 1100. The number of carbonyl (C=O) groups excluding carboxylic acids is 2. The van der Waals surface area contributed by atoms with Gasteiger partial charge in [-0.25, -0.2) is 4.79 Å². The van der Waals surface area contributed by atoms with Crippen molar-refractivity contribution >= 4 is 18.0 Å². The number of carbonyl (C=O) groups is 3. The number of fused-ring (bicyclic) bond motifs is 3. The quantitative estimate of drug-likeness (QED) is 0.682. The lowest BCUT2D eigenvalue weighted by molar-refractivity contribution is -0.144. The third-order valence-electron chi connectivity index (χ3n) is 7.65. The van der Waals surface area contributed by atoms with Crippen LogP contribution in [0.5, 0.6) is 0 Å². The van der Waals surface area contributed by atoms with Crippen LogP contribution in [0.15, 0.2) is 48.5 Å². The molecule has 1 saturated carbocycles. The highest BCUT2D eigenvalue weighted by Crippen LogP contribution is 2.45. The predicted molar refractivity (Wildman–Crippen MR) is 126 cm³/mol. The summed E-state index contributed by atoms with van der Waals surface area (Å²) in [5.74, 6) is -1.49. The van der Waals surface area contributed by atoms with Crippen LogP contribution in [-0.4, -0.2) is 54.2 Å². The van der Waals surface area contributed by atoms with Crippen molar-refractivity contribution in [3.63, 3.8) is 0 Å². The van der Waals surface area contributed by atoms with Gasteiger partial charge in [-0.15, -0.1) is 0 Å². The van der Waals surface area contributed by atoms with Crippen molar-refractivity contribution in [2.75, 3.05) is 26.2 Å². The van der Waals surface area contributed by atoms with Crippen molar-refractivity contribution in [3.05, 3.63) is 59.7 Å². The summed E-state index contributed by atoms with van der Waals surface area (Å²) in [6.07, 6.45) is 0.227. The molecule has 3 unspecified atom stereocenters. The fourth-order valence-electron chi connectivity index (χ4n) is 5.59. The van der Waals surface area contributed by atoms with E-state index in [1.165, 1.54) is 11.1 Å². The molecule has 34 heavy (non-hydrogen) atoms. The number of benzene rings is 2. The van der Waals surface area contributed by atoms with Crippen LogP contribution in [0.2, 0.25) is 0 Å². The predicted octanol–water partition coefficient (Wildman–Crippen LogP) is 3.73. The van der Waals surface area contributed by atoms with Crippen molar-refractivity contribution < 1.29 is 24.2 Å². The van der Waals surface area contributed by atoms with Crippen LogP contribution in [-0.2, 0) is 14.3 Å². The van der Waals surface area contributed by atoms with Gasteiger partial charge in [0, 0.05) is 31.5 Å². The van der Waals surface area contributed by atoms with E-state index < -0.39 is 23.4 Å². The summed E-state index contributed by atoms with van der Waals surface area (Å²) in [5, 5.41) is 12.2. The number of carboxylic acid groups (broad SMARTS) is 1. The van der Waals surface area contributed by atoms with E-state index >= 15 is 0 Å². The van der Waals surface area contributed by atoms with Gasteiger partial charge in [0.1, 0.15) is 6.61 Å². The third-order valence-corrected chi connectivity index (χ3v) is 7.65. The van der Waals surface area contributed by atoms with E-state index in [9.17, 15) is 19.5 Å². The van der Waals surface area contributed by atoms with Crippen LogP contribution in [0.3, 0.4) is 0 Å².